The standard InChI is InChI=1S/C11H14N2O2/c1-11(2)6-15-5-7-4-8(12-3)10(14)13-9(7)11/h4H,3,5-6H2,1-2H3,(H,13,14). The van der Waals surface area contributed by atoms with Gasteiger partial charge in [-0.1, -0.05) is 13.8 Å². The molecule has 0 saturated heterocycles. The molecule has 1 aromatic rings. The summed E-state index contributed by atoms with van der Waals surface area (Å²) in [5.74, 6) is -0.0567. The molecule has 1 aromatic heterocycles. The fourth-order valence-electron chi connectivity index (χ4n) is 1.83. The number of hydrogen-bond donors (Lipinski definition) is 1. The Balaban J connectivity index is 2.60. The average Bonchev–Trinajstić information content (AvgIpc) is 2.18. The number of hydrogen-bond acceptors (Lipinski definition) is 4. The summed E-state index contributed by atoms with van der Waals surface area (Å²) in [7, 11) is 0. The molecule has 0 aromatic carbocycles. The molecule has 15 heavy (non-hydrogen) atoms. The van der Waals surface area contributed by atoms with Gasteiger partial charge in [-0.05, 0) is 12.8 Å². The minimum Gasteiger partial charge on any atom is -0.492 e. The Morgan fingerprint density at radius 2 is 2.33 bits per heavy atom. The number of rotatable bonds is 1. The van der Waals surface area contributed by atoms with Crippen molar-refractivity contribution in [1.82, 2.24) is 4.98 Å². The van der Waals surface area contributed by atoms with Crippen molar-refractivity contribution in [3.05, 3.63) is 17.3 Å². The van der Waals surface area contributed by atoms with E-state index in [1.54, 1.807) is 6.07 Å². The maximum Gasteiger partial charge on any atom is 0.237 e. The second-order valence-electron chi connectivity index (χ2n) is 4.37. The van der Waals surface area contributed by atoms with Crippen LogP contribution in [0.5, 0.6) is 5.88 Å². The Morgan fingerprint density at radius 1 is 1.60 bits per heavy atom. The van der Waals surface area contributed by atoms with Crippen LogP contribution in [0.2, 0.25) is 0 Å². The smallest absolute Gasteiger partial charge is 0.237 e. The molecule has 0 fully saturated rings. The first-order valence-electron chi connectivity index (χ1n) is 4.82. The number of aromatic hydroxyl groups is 1. The lowest BCUT2D eigenvalue weighted by Crippen LogP contribution is -2.31. The van der Waals surface area contributed by atoms with E-state index >= 15 is 0 Å². The zero-order chi connectivity index (χ0) is 11.1. The van der Waals surface area contributed by atoms with Crippen molar-refractivity contribution in [2.75, 3.05) is 6.61 Å². The third kappa shape index (κ3) is 1.61. The van der Waals surface area contributed by atoms with E-state index in [9.17, 15) is 5.11 Å². The number of ether oxygens (including phenoxy) is 1. The predicted molar refractivity (Wildman–Crippen MR) is 57.8 cm³/mol. The van der Waals surface area contributed by atoms with Crippen LogP contribution in [0.3, 0.4) is 0 Å². The number of aliphatic imine (C=N–C) groups is 1. The second-order valence-corrected chi connectivity index (χ2v) is 4.37. The van der Waals surface area contributed by atoms with Crippen molar-refractivity contribution >= 4 is 12.4 Å². The van der Waals surface area contributed by atoms with Gasteiger partial charge in [0.15, 0.2) is 0 Å². The van der Waals surface area contributed by atoms with Crippen LogP contribution in [0.15, 0.2) is 11.1 Å². The third-order valence-corrected chi connectivity index (χ3v) is 2.59. The predicted octanol–water partition coefficient (Wildman–Crippen LogP) is 1.93. The van der Waals surface area contributed by atoms with E-state index in [4.69, 9.17) is 4.74 Å². The van der Waals surface area contributed by atoms with E-state index < -0.39 is 0 Å². The summed E-state index contributed by atoms with van der Waals surface area (Å²) < 4.78 is 5.47. The highest BCUT2D eigenvalue weighted by Crippen LogP contribution is 2.35. The lowest BCUT2D eigenvalue weighted by atomic mass is 9.85. The van der Waals surface area contributed by atoms with Crippen LogP contribution in [0.1, 0.15) is 25.1 Å². The molecule has 1 aliphatic heterocycles. The van der Waals surface area contributed by atoms with Gasteiger partial charge in [0, 0.05) is 11.0 Å². The van der Waals surface area contributed by atoms with E-state index in [1.165, 1.54) is 0 Å². The summed E-state index contributed by atoms with van der Waals surface area (Å²) in [6, 6.07) is 1.78. The minimum absolute atomic E-state index is 0.0567. The van der Waals surface area contributed by atoms with Gasteiger partial charge in [-0.3, -0.25) is 4.99 Å². The fraction of sp³-hybridized carbons (Fsp3) is 0.455. The topological polar surface area (TPSA) is 54.7 Å². The van der Waals surface area contributed by atoms with Crippen LogP contribution >= 0.6 is 0 Å². The molecule has 1 N–H and O–H groups in total. The fourth-order valence-corrected chi connectivity index (χ4v) is 1.83. The van der Waals surface area contributed by atoms with Gasteiger partial charge < -0.3 is 9.84 Å². The molecule has 0 saturated carbocycles. The lowest BCUT2D eigenvalue weighted by Gasteiger charge is -2.31. The summed E-state index contributed by atoms with van der Waals surface area (Å²) in [5, 5.41) is 9.61. The van der Waals surface area contributed by atoms with Gasteiger partial charge in [-0.15, -0.1) is 0 Å². The number of aromatic nitrogens is 1. The van der Waals surface area contributed by atoms with Crippen LogP contribution < -0.4 is 0 Å². The van der Waals surface area contributed by atoms with Crippen molar-refractivity contribution in [1.29, 1.82) is 0 Å². The molecule has 2 rings (SSSR count). The van der Waals surface area contributed by atoms with Crippen molar-refractivity contribution in [2.24, 2.45) is 4.99 Å². The molecule has 4 nitrogen and oxygen atoms in total. The van der Waals surface area contributed by atoms with Gasteiger partial charge in [0.05, 0.1) is 18.9 Å². The van der Waals surface area contributed by atoms with Crippen molar-refractivity contribution in [2.45, 2.75) is 25.9 Å². The Hall–Kier alpha value is -1.42. The summed E-state index contributed by atoms with van der Waals surface area (Å²) >= 11 is 0. The molecule has 2 heterocycles. The molecule has 0 spiro atoms. The third-order valence-electron chi connectivity index (χ3n) is 2.59. The first-order chi connectivity index (χ1) is 7.04. The summed E-state index contributed by atoms with van der Waals surface area (Å²) in [4.78, 5) is 7.89. The van der Waals surface area contributed by atoms with Gasteiger partial charge in [0.1, 0.15) is 5.69 Å². The van der Waals surface area contributed by atoms with Crippen LogP contribution in [-0.4, -0.2) is 23.4 Å². The molecular weight excluding hydrogens is 192 g/mol. The summed E-state index contributed by atoms with van der Waals surface area (Å²) in [6.07, 6.45) is 0. The van der Waals surface area contributed by atoms with Gasteiger partial charge >= 0.3 is 0 Å². The zero-order valence-corrected chi connectivity index (χ0v) is 8.95. The van der Waals surface area contributed by atoms with E-state index in [0.29, 0.717) is 18.9 Å². The molecule has 0 radical (unpaired) electrons. The average molecular weight is 206 g/mol. The zero-order valence-electron chi connectivity index (χ0n) is 8.95. The van der Waals surface area contributed by atoms with Gasteiger partial charge in [0.2, 0.25) is 5.88 Å². The Labute approximate surface area is 88.6 Å². The van der Waals surface area contributed by atoms with E-state index in [1.807, 2.05) is 13.8 Å². The summed E-state index contributed by atoms with van der Waals surface area (Å²) in [5.41, 5.74) is 2.12. The monoisotopic (exact) mass is 206 g/mol. The Bertz CT molecular complexity index is 413. The molecule has 0 atom stereocenters. The largest absolute Gasteiger partial charge is 0.492 e. The summed E-state index contributed by atoms with van der Waals surface area (Å²) in [6.45, 7) is 8.61. The van der Waals surface area contributed by atoms with Crippen molar-refractivity contribution in [3.63, 3.8) is 0 Å². The van der Waals surface area contributed by atoms with E-state index in [-0.39, 0.29) is 11.3 Å². The van der Waals surface area contributed by atoms with Crippen molar-refractivity contribution < 1.29 is 9.84 Å². The first kappa shape index (κ1) is 10.1. The highest BCUT2D eigenvalue weighted by molar-refractivity contribution is 5.55. The van der Waals surface area contributed by atoms with Crippen LogP contribution in [-0.2, 0) is 16.8 Å². The molecule has 0 unspecified atom stereocenters. The number of nitrogens with zero attached hydrogens (tertiary/aromatic N) is 2. The maximum atomic E-state index is 9.61. The SMILES string of the molecule is C=Nc1cc2c(nc1O)C(C)(C)COC2. The Kier molecular flexibility index (Phi) is 2.23. The lowest BCUT2D eigenvalue weighted by molar-refractivity contribution is 0.0614. The van der Waals surface area contributed by atoms with Crippen LogP contribution in [0.25, 0.3) is 0 Å². The normalized spacial score (nSPS) is 18.3. The minimum atomic E-state index is -0.162. The van der Waals surface area contributed by atoms with Crippen LogP contribution in [0, 0.1) is 0 Å². The van der Waals surface area contributed by atoms with Gasteiger partial charge in [0.25, 0.3) is 0 Å². The second kappa shape index (κ2) is 3.31. The van der Waals surface area contributed by atoms with Crippen molar-refractivity contribution in [3.8, 4) is 5.88 Å². The molecule has 0 aliphatic carbocycles. The molecule has 4 heteroatoms. The van der Waals surface area contributed by atoms with Gasteiger partial charge in [-0.2, -0.15) is 0 Å². The maximum absolute atomic E-state index is 9.61. The van der Waals surface area contributed by atoms with E-state index in [0.717, 1.165) is 11.3 Å². The Morgan fingerprint density at radius 3 is 3.00 bits per heavy atom. The molecule has 1 aliphatic rings. The molecule has 80 valence electrons. The highest BCUT2D eigenvalue weighted by Gasteiger charge is 2.30. The van der Waals surface area contributed by atoms with Crippen LogP contribution in [0.4, 0.5) is 5.69 Å². The van der Waals surface area contributed by atoms with Gasteiger partial charge in [-0.25, -0.2) is 4.98 Å². The quantitative estimate of drug-likeness (QED) is 0.714. The number of fused-ring (bicyclic) bond motifs is 1. The molecule has 0 amide bonds. The molecular formula is C11H14N2O2. The van der Waals surface area contributed by atoms with E-state index in [2.05, 4.69) is 16.7 Å². The molecule has 0 bridgehead atoms. The highest BCUT2D eigenvalue weighted by atomic mass is 16.5. The first-order valence-corrected chi connectivity index (χ1v) is 4.82. The number of pyridine rings is 1.